The Balaban J connectivity index is 1.68. The SMILES string of the molecule is O=C(Nc1cccnc1)c1ccc(NC(=O)c2cc(Cl)ccc2Cl)cc1. The molecule has 0 aliphatic carbocycles. The summed E-state index contributed by atoms with van der Waals surface area (Å²) in [5.74, 6) is -0.654. The molecule has 0 atom stereocenters. The summed E-state index contributed by atoms with van der Waals surface area (Å²) in [4.78, 5) is 28.4. The van der Waals surface area contributed by atoms with E-state index in [1.165, 1.54) is 6.07 Å². The molecule has 130 valence electrons. The lowest BCUT2D eigenvalue weighted by atomic mass is 10.1. The van der Waals surface area contributed by atoms with Gasteiger partial charge in [0, 0.05) is 22.5 Å². The van der Waals surface area contributed by atoms with Crippen molar-refractivity contribution in [2.45, 2.75) is 0 Å². The molecule has 0 aliphatic heterocycles. The van der Waals surface area contributed by atoms with E-state index in [1.54, 1.807) is 60.9 Å². The molecular weight excluding hydrogens is 373 g/mol. The van der Waals surface area contributed by atoms with Crippen molar-refractivity contribution in [2.24, 2.45) is 0 Å². The summed E-state index contributed by atoms with van der Waals surface area (Å²) in [6, 6.07) is 14.6. The van der Waals surface area contributed by atoms with Gasteiger partial charge in [-0.15, -0.1) is 0 Å². The molecule has 26 heavy (non-hydrogen) atoms. The van der Waals surface area contributed by atoms with E-state index in [0.29, 0.717) is 27.0 Å². The number of pyridine rings is 1. The summed E-state index contributed by atoms with van der Waals surface area (Å²) >= 11 is 11.9. The highest BCUT2D eigenvalue weighted by molar-refractivity contribution is 6.36. The number of anilines is 2. The second kappa shape index (κ2) is 7.99. The third-order valence-corrected chi connectivity index (χ3v) is 4.06. The fourth-order valence-corrected chi connectivity index (χ4v) is 2.59. The van der Waals surface area contributed by atoms with E-state index in [1.807, 2.05) is 0 Å². The van der Waals surface area contributed by atoms with Crippen LogP contribution in [0, 0.1) is 0 Å². The van der Waals surface area contributed by atoms with Crippen LogP contribution in [0.1, 0.15) is 20.7 Å². The Bertz CT molecular complexity index is 945. The molecule has 1 heterocycles. The Morgan fingerprint density at radius 2 is 1.58 bits per heavy atom. The number of amides is 2. The van der Waals surface area contributed by atoms with E-state index < -0.39 is 0 Å². The topological polar surface area (TPSA) is 71.1 Å². The smallest absolute Gasteiger partial charge is 0.257 e. The zero-order valence-electron chi connectivity index (χ0n) is 13.4. The molecule has 1 aromatic heterocycles. The van der Waals surface area contributed by atoms with Crippen molar-refractivity contribution in [2.75, 3.05) is 10.6 Å². The van der Waals surface area contributed by atoms with E-state index in [0.717, 1.165) is 0 Å². The molecule has 3 aromatic rings. The van der Waals surface area contributed by atoms with Gasteiger partial charge >= 0.3 is 0 Å². The number of aromatic nitrogens is 1. The zero-order chi connectivity index (χ0) is 18.5. The monoisotopic (exact) mass is 385 g/mol. The third kappa shape index (κ3) is 4.39. The number of carbonyl (C=O) groups is 2. The minimum atomic E-state index is -0.384. The molecule has 0 radical (unpaired) electrons. The van der Waals surface area contributed by atoms with E-state index >= 15 is 0 Å². The van der Waals surface area contributed by atoms with Gasteiger partial charge in [0.1, 0.15) is 0 Å². The predicted molar refractivity (Wildman–Crippen MR) is 103 cm³/mol. The number of nitrogens with zero attached hydrogens (tertiary/aromatic N) is 1. The molecule has 3 rings (SSSR count). The molecule has 0 fully saturated rings. The predicted octanol–water partition coefficient (Wildman–Crippen LogP) is 4.89. The molecule has 0 unspecified atom stereocenters. The Hall–Kier alpha value is -2.89. The second-order valence-electron chi connectivity index (χ2n) is 5.35. The number of benzene rings is 2. The Morgan fingerprint density at radius 1 is 0.846 bits per heavy atom. The van der Waals surface area contributed by atoms with E-state index in [4.69, 9.17) is 23.2 Å². The van der Waals surface area contributed by atoms with Gasteiger partial charge in [-0.25, -0.2) is 0 Å². The van der Waals surface area contributed by atoms with Crippen LogP contribution in [0.3, 0.4) is 0 Å². The molecule has 2 aromatic carbocycles. The molecule has 2 N–H and O–H groups in total. The number of hydrogen-bond donors (Lipinski definition) is 2. The second-order valence-corrected chi connectivity index (χ2v) is 6.20. The van der Waals surface area contributed by atoms with Gasteiger partial charge in [-0.1, -0.05) is 23.2 Å². The molecule has 2 amide bonds. The highest BCUT2D eigenvalue weighted by Crippen LogP contribution is 2.22. The normalized spacial score (nSPS) is 10.2. The summed E-state index contributed by atoms with van der Waals surface area (Å²) in [6.45, 7) is 0. The van der Waals surface area contributed by atoms with Gasteiger partial charge in [-0.2, -0.15) is 0 Å². The van der Waals surface area contributed by atoms with Crippen LogP contribution in [-0.2, 0) is 0 Å². The number of carbonyl (C=O) groups excluding carboxylic acids is 2. The largest absolute Gasteiger partial charge is 0.322 e. The van der Waals surface area contributed by atoms with Crippen LogP contribution in [-0.4, -0.2) is 16.8 Å². The van der Waals surface area contributed by atoms with Crippen LogP contribution in [0.2, 0.25) is 10.0 Å². The van der Waals surface area contributed by atoms with Crippen LogP contribution in [0.4, 0.5) is 11.4 Å². The van der Waals surface area contributed by atoms with Crippen molar-refractivity contribution in [3.63, 3.8) is 0 Å². The summed E-state index contributed by atoms with van der Waals surface area (Å²) in [6.07, 6.45) is 3.18. The van der Waals surface area contributed by atoms with Crippen LogP contribution >= 0.6 is 23.2 Å². The summed E-state index contributed by atoms with van der Waals surface area (Å²) in [5, 5.41) is 6.18. The molecule has 7 heteroatoms. The highest BCUT2D eigenvalue weighted by Gasteiger charge is 2.12. The fourth-order valence-electron chi connectivity index (χ4n) is 2.21. The number of rotatable bonds is 4. The molecule has 0 saturated carbocycles. The molecule has 0 spiro atoms. The van der Waals surface area contributed by atoms with Crippen molar-refractivity contribution in [1.82, 2.24) is 4.98 Å². The lowest BCUT2D eigenvalue weighted by molar-refractivity contribution is 0.102. The van der Waals surface area contributed by atoms with E-state index in [-0.39, 0.29) is 17.4 Å². The molecule has 0 saturated heterocycles. The zero-order valence-corrected chi connectivity index (χ0v) is 14.9. The lowest BCUT2D eigenvalue weighted by Crippen LogP contribution is -2.14. The van der Waals surface area contributed by atoms with Crippen molar-refractivity contribution < 1.29 is 9.59 Å². The summed E-state index contributed by atoms with van der Waals surface area (Å²) in [7, 11) is 0. The van der Waals surface area contributed by atoms with Crippen molar-refractivity contribution in [3.05, 3.63) is 88.2 Å². The lowest BCUT2D eigenvalue weighted by Gasteiger charge is -2.09. The molecular formula is C19H13Cl2N3O2. The van der Waals surface area contributed by atoms with Crippen LogP contribution in [0.15, 0.2) is 67.0 Å². The van der Waals surface area contributed by atoms with E-state index in [2.05, 4.69) is 15.6 Å². The highest BCUT2D eigenvalue weighted by atomic mass is 35.5. The van der Waals surface area contributed by atoms with Gasteiger partial charge in [0.15, 0.2) is 0 Å². The standard InChI is InChI=1S/C19H13Cl2N3O2/c20-13-5-8-17(21)16(10-13)19(26)23-14-6-3-12(4-7-14)18(25)24-15-2-1-9-22-11-15/h1-11H,(H,23,26)(H,24,25). The molecule has 5 nitrogen and oxygen atoms in total. The maximum atomic E-state index is 12.3. The van der Waals surface area contributed by atoms with Gasteiger partial charge in [0.25, 0.3) is 11.8 Å². The quantitative estimate of drug-likeness (QED) is 0.671. The van der Waals surface area contributed by atoms with Gasteiger partial charge in [0.05, 0.1) is 22.5 Å². The van der Waals surface area contributed by atoms with Crippen LogP contribution in [0.25, 0.3) is 0 Å². The maximum absolute atomic E-state index is 12.3. The first kappa shape index (κ1) is 17.9. The Labute approximate surface area is 160 Å². The summed E-state index contributed by atoms with van der Waals surface area (Å²) < 4.78 is 0. The Kier molecular flexibility index (Phi) is 5.51. The average molecular weight is 386 g/mol. The van der Waals surface area contributed by atoms with Crippen molar-refractivity contribution in [1.29, 1.82) is 0 Å². The minimum absolute atomic E-state index is 0.270. The molecule has 0 bridgehead atoms. The van der Waals surface area contributed by atoms with Gasteiger partial charge in [-0.3, -0.25) is 14.6 Å². The number of hydrogen-bond acceptors (Lipinski definition) is 3. The minimum Gasteiger partial charge on any atom is -0.322 e. The maximum Gasteiger partial charge on any atom is 0.257 e. The van der Waals surface area contributed by atoms with Gasteiger partial charge in [-0.05, 0) is 54.6 Å². The number of nitrogens with one attached hydrogen (secondary N) is 2. The van der Waals surface area contributed by atoms with Gasteiger partial charge in [0.2, 0.25) is 0 Å². The Morgan fingerprint density at radius 3 is 2.27 bits per heavy atom. The van der Waals surface area contributed by atoms with Gasteiger partial charge < -0.3 is 10.6 Å². The van der Waals surface area contributed by atoms with Crippen molar-refractivity contribution >= 4 is 46.4 Å². The summed E-state index contributed by atoms with van der Waals surface area (Å²) in [5.41, 5.74) is 1.86. The van der Waals surface area contributed by atoms with Crippen LogP contribution < -0.4 is 10.6 Å². The third-order valence-electron chi connectivity index (χ3n) is 3.50. The first-order valence-corrected chi connectivity index (χ1v) is 8.36. The number of halogens is 2. The first-order chi connectivity index (χ1) is 12.5. The fraction of sp³-hybridized carbons (Fsp3) is 0. The average Bonchev–Trinajstić information content (AvgIpc) is 2.65. The van der Waals surface area contributed by atoms with Crippen LogP contribution in [0.5, 0.6) is 0 Å². The molecule has 0 aliphatic rings. The van der Waals surface area contributed by atoms with Crippen molar-refractivity contribution in [3.8, 4) is 0 Å². The first-order valence-electron chi connectivity index (χ1n) is 7.61. The van der Waals surface area contributed by atoms with E-state index in [9.17, 15) is 9.59 Å².